The van der Waals surface area contributed by atoms with Crippen molar-refractivity contribution >= 4 is 11.6 Å². The van der Waals surface area contributed by atoms with Crippen LogP contribution in [-0.2, 0) is 6.42 Å². The van der Waals surface area contributed by atoms with Crippen LogP contribution in [0.15, 0.2) is 18.3 Å². The molecule has 0 N–H and O–H groups in total. The summed E-state index contributed by atoms with van der Waals surface area (Å²) in [6.07, 6.45) is 2.81. The van der Waals surface area contributed by atoms with Gasteiger partial charge in [0.1, 0.15) is 5.15 Å². The van der Waals surface area contributed by atoms with Gasteiger partial charge >= 0.3 is 0 Å². The average molecular weight is 169 g/mol. The lowest BCUT2D eigenvalue weighted by Crippen LogP contribution is -1.91. The van der Waals surface area contributed by atoms with E-state index in [1.165, 1.54) is 11.5 Å². The summed E-state index contributed by atoms with van der Waals surface area (Å²) in [7, 11) is 0. The Morgan fingerprint density at radius 3 is 2.64 bits per heavy atom. The monoisotopic (exact) mass is 168 g/mol. The second-order valence-electron chi connectivity index (χ2n) is 2.87. The summed E-state index contributed by atoms with van der Waals surface area (Å²) in [5.74, 6) is 1.38. The van der Waals surface area contributed by atoms with E-state index in [0.717, 1.165) is 6.42 Å². The van der Waals surface area contributed by atoms with Gasteiger partial charge in [-0.15, -0.1) is 0 Å². The summed E-state index contributed by atoms with van der Waals surface area (Å²) >= 11 is 5.63. The third-order valence-corrected chi connectivity index (χ3v) is 1.57. The minimum atomic E-state index is 0.558. The molecule has 1 heterocycles. The van der Waals surface area contributed by atoms with Crippen molar-refractivity contribution in [2.75, 3.05) is 0 Å². The van der Waals surface area contributed by atoms with Gasteiger partial charge in [-0.2, -0.15) is 0 Å². The standard InChI is InChI=1S/C9H11ClN/c1-7(2)5-8-3-4-9(10)11-6-8/h3-4,6H,5H2,1-2H3. The minimum absolute atomic E-state index is 0.558. The molecule has 1 aromatic heterocycles. The van der Waals surface area contributed by atoms with Gasteiger partial charge in [-0.1, -0.05) is 31.5 Å². The molecule has 1 radical (unpaired) electrons. The molecule has 0 saturated carbocycles. The first-order chi connectivity index (χ1) is 5.18. The van der Waals surface area contributed by atoms with E-state index in [4.69, 9.17) is 11.6 Å². The average Bonchev–Trinajstić information content (AvgIpc) is 1.93. The molecule has 0 atom stereocenters. The Balaban J connectivity index is 2.66. The van der Waals surface area contributed by atoms with Crippen molar-refractivity contribution in [1.82, 2.24) is 4.98 Å². The van der Waals surface area contributed by atoms with Crippen LogP contribution < -0.4 is 0 Å². The van der Waals surface area contributed by atoms with E-state index in [0.29, 0.717) is 5.15 Å². The molecule has 0 aliphatic heterocycles. The first-order valence-electron chi connectivity index (χ1n) is 3.58. The lowest BCUT2D eigenvalue weighted by molar-refractivity contribution is 0.948. The highest BCUT2D eigenvalue weighted by Crippen LogP contribution is 2.10. The summed E-state index contributed by atoms with van der Waals surface area (Å²) in [6.45, 7) is 4.21. The zero-order chi connectivity index (χ0) is 8.27. The van der Waals surface area contributed by atoms with Crippen LogP contribution in [0.2, 0.25) is 5.15 Å². The molecule has 0 aliphatic rings. The van der Waals surface area contributed by atoms with Crippen LogP contribution in [0.5, 0.6) is 0 Å². The van der Waals surface area contributed by atoms with Crippen molar-refractivity contribution in [3.63, 3.8) is 0 Å². The number of hydrogen-bond donors (Lipinski definition) is 0. The Bertz CT molecular complexity index is 216. The Labute approximate surface area is 72.4 Å². The van der Waals surface area contributed by atoms with E-state index in [2.05, 4.69) is 18.8 Å². The van der Waals surface area contributed by atoms with Crippen molar-refractivity contribution in [2.24, 2.45) is 0 Å². The third-order valence-electron chi connectivity index (χ3n) is 1.35. The fraction of sp³-hybridized carbons (Fsp3) is 0.333. The first-order valence-corrected chi connectivity index (χ1v) is 3.96. The van der Waals surface area contributed by atoms with Crippen LogP contribution in [0.1, 0.15) is 19.4 Å². The second kappa shape index (κ2) is 3.72. The fourth-order valence-corrected chi connectivity index (χ4v) is 1.03. The van der Waals surface area contributed by atoms with Crippen LogP contribution in [-0.4, -0.2) is 4.98 Å². The Morgan fingerprint density at radius 2 is 2.18 bits per heavy atom. The number of nitrogens with zero attached hydrogens (tertiary/aromatic N) is 1. The molecule has 0 fully saturated rings. The van der Waals surface area contributed by atoms with Crippen molar-refractivity contribution < 1.29 is 0 Å². The van der Waals surface area contributed by atoms with Crippen LogP contribution >= 0.6 is 11.6 Å². The SMILES string of the molecule is C[C](C)Cc1ccc(Cl)nc1. The van der Waals surface area contributed by atoms with Crippen molar-refractivity contribution in [3.8, 4) is 0 Å². The summed E-state index contributed by atoms with van der Waals surface area (Å²) in [4.78, 5) is 3.98. The molecule has 0 spiro atoms. The molecule has 0 aliphatic carbocycles. The van der Waals surface area contributed by atoms with Crippen molar-refractivity contribution in [2.45, 2.75) is 20.3 Å². The van der Waals surface area contributed by atoms with Crippen LogP contribution in [0.3, 0.4) is 0 Å². The molecule has 0 saturated heterocycles. The number of aromatic nitrogens is 1. The maximum absolute atomic E-state index is 5.63. The maximum atomic E-state index is 5.63. The third kappa shape index (κ3) is 2.89. The Hall–Kier alpha value is -0.560. The normalized spacial score (nSPS) is 10.5. The van der Waals surface area contributed by atoms with Gasteiger partial charge in [-0.3, -0.25) is 0 Å². The highest BCUT2D eigenvalue weighted by molar-refractivity contribution is 6.29. The summed E-state index contributed by atoms with van der Waals surface area (Å²) in [5.41, 5.74) is 1.22. The second-order valence-corrected chi connectivity index (χ2v) is 3.26. The van der Waals surface area contributed by atoms with Gasteiger partial charge < -0.3 is 0 Å². The largest absolute Gasteiger partial charge is 0.244 e. The minimum Gasteiger partial charge on any atom is -0.244 e. The molecule has 1 aromatic rings. The molecule has 0 amide bonds. The quantitative estimate of drug-likeness (QED) is 0.619. The number of rotatable bonds is 2. The molecular weight excluding hydrogens is 158 g/mol. The summed E-state index contributed by atoms with van der Waals surface area (Å²) < 4.78 is 0. The van der Waals surface area contributed by atoms with E-state index in [1.807, 2.05) is 18.3 Å². The highest BCUT2D eigenvalue weighted by atomic mass is 35.5. The maximum Gasteiger partial charge on any atom is 0.129 e. The first kappa shape index (κ1) is 8.54. The van der Waals surface area contributed by atoms with Gasteiger partial charge in [-0.05, 0) is 24.0 Å². The zero-order valence-electron chi connectivity index (χ0n) is 6.76. The van der Waals surface area contributed by atoms with Crippen LogP contribution in [0, 0.1) is 5.92 Å². The number of pyridine rings is 1. The Kier molecular flexibility index (Phi) is 2.89. The molecule has 11 heavy (non-hydrogen) atoms. The van der Waals surface area contributed by atoms with Crippen molar-refractivity contribution in [3.05, 3.63) is 35.0 Å². The number of halogens is 1. The predicted molar refractivity (Wildman–Crippen MR) is 47.5 cm³/mol. The smallest absolute Gasteiger partial charge is 0.129 e. The van der Waals surface area contributed by atoms with Crippen LogP contribution in [0.4, 0.5) is 0 Å². The predicted octanol–water partition coefficient (Wildman–Crippen LogP) is 2.89. The fourth-order valence-electron chi connectivity index (χ4n) is 0.919. The summed E-state index contributed by atoms with van der Waals surface area (Å²) in [5, 5.41) is 0.558. The lowest BCUT2D eigenvalue weighted by Gasteiger charge is -2.02. The molecule has 0 unspecified atom stereocenters. The summed E-state index contributed by atoms with van der Waals surface area (Å²) in [6, 6.07) is 3.82. The van der Waals surface area contributed by atoms with E-state index >= 15 is 0 Å². The molecule has 2 heteroatoms. The van der Waals surface area contributed by atoms with Gasteiger partial charge in [0.25, 0.3) is 0 Å². The molecular formula is C9H11ClN. The van der Waals surface area contributed by atoms with Gasteiger partial charge in [0.2, 0.25) is 0 Å². The molecule has 59 valence electrons. The van der Waals surface area contributed by atoms with Gasteiger partial charge in [0.15, 0.2) is 0 Å². The molecule has 1 rings (SSSR count). The lowest BCUT2D eigenvalue weighted by atomic mass is 10.1. The van der Waals surface area contributed by atoms with Gasteiger partial charge in [-0.25, -0.2) is 4.98 Å². The highest BCUT2D eigenvalue weighted by Gasteiger charge is 1.97. The van der Waals surface area contributed by atoms with E-state index in [1.54, 1.807) is 0 Å². The van der Waals surface area contributed by atoms with Crippen LogP contribution in [0.25, 0.3) is 0 Å². The van der Waals surface area contributed by atoms with Crippen molar-refractivity contribution in [1.29, 1.82) is 0 Å². The number of hydrogen-bond acceptors (Lipinski definition) is 1. The van der Waals surface area contributed by atoms with E-state index in [9.17, 15) is 0 Å². The molecule has 0 aromatic carbocycles. The van der Waals surface area contributed by atoms with Gasteiger partial charge in [0, 0.05) is 6.20 Å². The molecule has 0 bridgehead atoms. The molecule has 1 nitrogen and oxygen atoms in total. The van der Waals surface area contributed by atoms with Gasteiger partial charge in [0.05, 0.1) is 0 Å². The topological polar surface area (TPSA) is 12.9 Å². The zero-order valence-corrected chi connectivity index (χ0v) is 7.52. The van der Waals surface area contributed by atoms with E-state index in [-0.39, 0.29) is 0 Å². The van der Waals surface area contributed by atoms with E-state index < -0.39 is 0 Å². The Morgan fingerprint density at radius 1 is 1.45 bits per heavy atom.